The third-order valence-electron chi connectivity index (χ3n) is 7.90. The molecule has 1 N–H and O–H groups in total. The highest BCUT2D eigenvalue weighted by atomic mass is 35.5. The van der Waals surface area contributed by atoms with Crippen molar-refractivity contribution >= 4 is 39.1 Å². The van der Waals surface area contributed by atoms with Crippen molar-refractivity contribution in [2.75, 3.05) is 18.0 Å². The minimum Gasteiger partial charge on any atom is -0.497 e. The predicted molar refractivity (Wildman–Crippen MR) is 170 cm³/mol. The number of halogens is 1. The fourth-order valence-electron chi connectivity index (χ4n) is 5.38. The van der Waals surface area contributed by atoms with Crippen LogP contribution in [0.5, 0.6) is 5.75 Å². The van der Waals surface area contributed by atoms with E-state index in [1.807, 2.05) is 26.0 Å². The highest BCUT2D eigenvalue weighted by Crippen LogP contribution is 2.29. The molecule has 1 atom stereocenters. The maximum absolute atomic E-state index is 14.3. The molecule has 2 amide bonds. The predicted octanol–water partition coefficient (Wildman–Crippen LogP) is 6.11. The molecule has 1 fully saturated rings. The molecule has 1 saturated carbocycles. The topological polar surface area (TPSA) is 96.0 Å². The van der Waals surface area contributed by atoms with Gasteiger partial charge >= 0.3 is 0 Å². The summed E-state index contributed by atoms with van der Waals surface area (Å²) in [6.45, 7) is 3.28. The van der Waals surface area contributed by atoms with Gasteiger partial charge in [0.2, 0.25) is 11.8 Å². The van der Waals surface area contributed by atoms with Gasteiger partial charge in [-0.05, 0) is 73.7 Å². The molecule has 1 aliphatic rings. The molecule has 0 unspecified atom stereocenters. The van der Waals surface area contributed by atoms with Gasteiger partial charge in [-0.15, -0.1) is 0 Å². The van der Waals surface area contributed by atoms with E-state index in [4.69, 9.17) is 16.3 Å². The molecule has 3 aromatic rings. The van der Waals surface area contributed by atoms with Gasteiger partial charge in [0.1, 0.15) is 18.3 Å². The zero-order valence-electron chi connectivity index (χ0n) is 25.0. The van der Waals surface area contributed by atoms with Crippen molar-refractivity contribution < 1.29 is 22.7 Å². The number of nitrogens with zero attached hydrogens (tertiary/aromatic N) is 2. The average molecular weight is 626 g/mol. The Morgan fingerprint density at radius 1 is 1.00 bits per heavy atom. The lowest BCUT2D eigenvalue weighted by molar-refractivity contribution is -0.140. The van der Waals surface area contributed by atoms with Crippen LogP contribution < -0.4 is 14.4 Å². The Morgan fingerprint density at radius 2 is 1.67 bits per heavy atom. The SMILES string of the molecule is CC[C@@H](C(=O)NC1CCCCC1)N(Cc1ccc(OC)cc1)C(=O)CN(c1ccc(C)c(Cl)c1)S(=O)(=O)c1ccccc1. The Labute approximate surface area is 260 Å². The number of aryl methyl sites for hydroxylation is 1. The van der Waals surface area contributed by atoms with Crippen molar-refractivity contribution in [1.82, 2.24) is 10.2 Å². The van der Waals surface area contributed by atoms with Crippen LogP contribution in [-0.4, -0.2) is 50.9 Å². The van der Waals surface area contributed by atoms with Crippen molar-refractivity contribution in [1.29, 1.82) is 0 Å². The van der Waals surface area contributed by atoms with Gasteiger partial charge in [-0.1, -0.05) is 74.2 Å². The summed E-state index contributed by atoms with van der Waals surface area (Å²) < 4.78 is 34.3. The van der Waals surface area contributed by atoms with Crippen LogP contribution in [0.15, 0.2) is 77.7 Å². The van der Waals surface area contributed by atoms with Crippen LogP contribution in [0.3, 0.4) is 0 Å². The zero-order chi connectivity index (χ0) is 31.0. The molecule has 0 spiro atoms. The quantitative estimate of drug-likeness (QED) is 0.262. The van der Waals surface area contributed by atoms with Crippen LogP contribution in [0, 0.1) is 6.92 Å². The molecule has 230 valence electrons. The highest BCUT2D eigenvalue weighted by molar-refractivity contribution is 7.92. The van der Waals surface area contributed by atoms with Crippen molar-refractivity contribution in [3.05, 3.63) is 88.9 Å². The number of hydrogen-bond acceptors (Lipinski definition) is 5. The summed E-state index contributed by atoms with van der Waals surface area (Å²) >= 11 is 6.41. The molecule has 0 bridgehead atoms. The van der Waals surface area contributed by atoms with Gasteiger partial charge in [-0.2, -0.15) is 0 Å². The summed E-state index contributed by atoms with van der Waals surface area (Å²) in [7, 11) is -2.58. The van der Waals surface area contributed by atoms with Gasteiger partial charge in [0, 0.05) is 17.6 Å². The third-order valence-corrected chi connectivity index (χ3v) is 10.1. The second kappa shape index (κ2) is 14.8. The molecule has 4 rings (SSSR count). The van der Waals surface area contributed by atoms with Crippen LogP contribution in [0.1, 0.15) is 56.6 Å². The van der Waals surface area contributed by atoms with E-state index < -0.39 is 28.5 Å². The van der Waals surface area contributed by atoms with Crippen LogP contribution >= 0.6 is 11.6 Å². The lowest BCUT2D eigenvalue weighted by Crippen LogP contribution is -2.54. The molecular formula is C33H40ClN3O5S. The van der Waals surface area contributed by atoms with Gasteiger partial charge in [0.25, 0.3) is 10.0 Å². The van der Waals surface area contributed by atoms with Crippen molar-refractivity contribution in [3.63, 3.8) is 0 Å². The number of ether oxygens (including phenoxy) is 1. The summed E-state index contributed by atoms with van der Waals surface area (Å²) in [5, 5.41) is 3.54. The Bertz CT molecular complexity index is 1490. The number of carbonyl (C=O) groups excluding carboxylic acids is 2. The smallest absolute Gasteiger partial charge is 0.264 e. The van der Waals surface area contributed by atoms with Crippen LogP contribution in [0.25, 0.3) is 0 Å². The number of methoxy groups -OCH3 is 1. The van der Waals surface area contributed by atoms with Crippen LogP contribution in [0.4, 0.5) is 5.69 Å². The van der Waals surface area contributed by atoms with E-state index in [1.54, 1.807) is 55.6 Å². The lowest BCUT2D eigenvalue weighted by Gasteiger charge is -2.34. The minimum atomic E-state index is -4.16. The van der Waals surface area contributed by atoms with Gasteiger partial charge < -0.3 is 15.0 Å². The van der Waals surface area contributed by atoms with Crippen LogP contribution in [-0.2, 0) is 26.2 Å². The number of anilines is 1. The Hall–Kier alpha value is -3.56. The van der Waals surface area contributed by atoms with E-state index in [0.717, 1.165) is 47.5 Å². The van der Waals surface area contributed by atoms with E-state index in [0.29, 0.717) is 17.2 Å². The molecule has 43 heavy (non-hydrogen) atoms. The van der Waals surface area contributed by atoms with Gasteiger partial charge in [0.05, 0.1) is 17.7 Å². The second-order valence-corrected chi connectivity index (χ2v) is 13.2. The maximum atomic E-state index is 14.3. The largest absolute Gasteiger partial charge is 0.497 e. The number of carbonyl (C=O) groups is 2. The third kappa shape index (κ3) is 8.09. The summed E-state index contributed by atoms with van der Waals surface area (Å²) in [4.78, 5) is 29.5. The molecule has 8 nitrogen and oxygen atoms in total. The molecule has 10 heteroatoms. The molecule has 1 aliphatic carbocycles. The summed E-state index contributed by atoms with van der Waals surface area (Å²) in [5.41, 5.74) is 1.83. The number of amides is 2. The van der Waals surface area contributed by atoms with Gasteiger partial charge in [-0.3, -0.25) is 13.9 Å². The number of hydrogen-bond donors (Lipinski definition) is 1. The monoisotopic (exact) mass is 625 g/mol. The lowest BCUT2D eigenvalue weighted by atomic mass is 9.95. The average Bonchev–Trinajstić information content (AvgIpc) is 3.02. The van der Waals surface area contributed by atoms with Gasteiger partial charge in [-0.25, -0.2) is 8.42 Å². The Kier molecular flexibility index (Phi) is 11.1. The summed E-state index contributed by atoms with van der Waals surface area (Å²) in [6, 6.07) is 19.4. The summed E-state index contributed by atoms with van der Waals surface area (Å²) in [6.07, 6.45) is 5.45. The second-order valence-electron chi connectivity index (χ2n) is 10.9. The van der Waals surface area contributed by atoms with Crippen molar-refractivity contribution in [2.24, 2.45) is 0 Å². The standard InChI is InChI=1S/C33H40ClN3O5S/c1-4-31(33(39)35-26-11-7-5-8-12-26)36(22-25-16-19-28(42-3)20-17-25)32(38)23-37(27-18-15-24(2)30(34)21-27)43(40,41)29-13-9-6-10-14-29/h6,9-10,13-21,26,31H,4-5,7-8,11-12,22-23H2,1-3H3,(H,35,39)/t31-/m0/s1. The van der Waals surface area contributed by atoms with Gasteiger partial charge in [0.15, 0.2) is 0 Å². The van der Waals surface area contributed by atoms with E-state index in [-0.39, 0.29) is 29.1 Å². The highest BCUT2D eigenvalue weighted by Gasteiger charge is 2.34. The molecule has 0 radical (unpaired) electrons. The zero-order valence-corrected chi connectivity index (χ0v) is 26.5. The first-order valence-electron chi connectivity index (χ1n) is 14.7. The molecule has 0 aromatic heterocycles. The number of sulfonamides is 1. The molecule has 3 aromatic carbocycles. The normalized spacial score (nSPS) is 14.5. The fraction of sp³-hybridized carbons (Fsp3) is 0.394. The van der Waals surface area contributed by atoms with E-state index in [2.05, 4.69) is 5.32 Å². The number of benzene rings is 3. The maximum Gasteiger partial charge on any atom is 0.264 e. The van der Waals surface area contributed by atoms with Crippen molar-refractivity contribution in [3.8, 4) is 5.75 Å². The van der Waals surface area contributed by atoms with E-state index >= 15 is 0 Å². The molecule has 0 heterocycles. The molecule has 0 saturated heterocycles. The Morgan fingerprint density at radius 3 is 2.28 bits per heavy atom. The molecule has 0 aliphatic heterocycles. The van der Waals surface area contributed by atoms with Crippen LogP contribution in [0.2, 0.25) is 5.02 Å². The Balaban J connectivity index is 1.71. The van der Waals surface area contributed by atoms with Crippen molar-refractivity contribution in [2.45, 2.75) is 75.9 Å². The van der Waals surface area contributed by atoms with E-state index in [1.165, 1.54) is 17.0 Å². The molecular weight excluding hydrogens is 586 g/mol. The first-order valence-corrected chi connectivity index (χ1v) is 16.5. The number of nitrogens with one attached hydrogen (secondary N) is 1. The fourth-order valence-corrected chi connectivity index (χ4v) is 6.98. The first kappa shape index (κ1) is 32.4. The number of rotatable bonds is 12. The van der Waals surface area contributed by atoms with E-state index in [9.17, 15) is 18.0 Å². The first-order chi connectivity index (χ1) is 20.6. The minimum absolute atomic E-state index is 0.0447. The summed E-state index contributed by atoms with van der Waals surface area (Å²) in [5.74, 6) is -0.0649.